The van der Waals surface area contributed by atoms with Crippen LogP contribution in [0.1, 0.15) is 25.7 Å². The number of carbonyl (C=O) groups excluding carboxylic acids is 1. The molecule has 0 N–H and O–H groups in total. The molecule has 0 atom stereocenters. The molecule has 2 aliphatic heterocycles. The van der Waals surface area contributed by atoms with E-state index < -0.39 is 0 Å². The molecule has 0 bridgehead atoms. The Morgan fingerprint density at radius 3 is 2.59 bits per heavy atom. The van der Waals surface area contributed by atoms with E-state index in [1.807, 2.05) is 24.3 Å². The van der Waals surface area contributed by atoms with Gasteiger partial charge in [-0.05, 0) is 49.6 Å². The lowest BCUT2D eigenvalue weighted by Crippen LogP contribution is -2.45. The molecule has 4 heterocycles. The smallest absolute Gasteiger partial charge is 0.222 e. The molecule has 8 heteroatoms. The van der Waals surface area contributed by atoms with Crippen LogP contribution in [0, 0.1) is 0 Å². The Bertz CT molecular complexity index is 1020. The summed E-state index contributed by atoms with van der Waals surface area (Å²) in [6, 6.07) is 10.3. The summed E-state index contributed by atoms with van der Waals surface area (Å²) in [7, 11) is 1.66. The van der Waals surface area contributed by atoms with Crippen molar-refractivity contribution in [1.29, 1.82) is 0 Å². The van der Waals surface area contributed by atoms with Crippen LogP contribution in [0.3, 0.4) is 0 Å². The highest BCUT2D eigenvalue weighted by atomic mass is 16.5. The van der Waals surface area contributed by atoms with E-state index in [1.165, 1.54) is 0 Å². The summed E-state index contributed by atoms with van der Waals surface area (Å²) in [4.78, 5) is 16.5. The van der Waals surface area contributed by atoms with Crippen molar-refractivity contribution in [2.75, 3.05) is 31.6 Å². The highest BCUT2D eigenvalue weighted by Crippen LogP contribution is 2.30. The second kappa shape index (κ2) is 7.35. The predicted molar refractivity (Wildman–Crippen MR) is 109 cm³/mol. The number of aromatic nitrogens is 4. The normalized spacial score (nSPS) is 18.0. The first kappa shape index (κ1) is 17.9. The van der Waals surface area contributed by atoms with E-state index in [9.17, 15) is 4.79 Å². The zero-order valence-electron chi connectivity index (χ0n) is 16.5. The molecule has 0 saturated carbocycles. The van der Waals surface area contributed by atoms with Gasteiger partial charge >= 0.3 is 0 Å². The molecule has 5 rings (SSSR count). The Morgan fingerprint density at radius 1 is 1.10 bits per heavy atom. The minimum absolute atomic E-state index is 0.314. The molecule has 0 aliphatic carbocycles. The van der Waals surface area contributed by atoms with Crippen molar-refractivity contribution in [1.82, 2.24) is 24.7 Å². The SMILES string of the molecule is COc1ccc(-c2cc(N3CCC(N4CCCC4=O)CC3)c3nncn3n2)cc1. The third kappa shape index (κ3) is 3.28. The average Bonchev–Trinajstić information content (AvgIpc) is 3.42. The predicted octanol–water partition coefficient (Wildman–Crippen LogP) is 2.39. The number of piperidine rings is 1. The molecule has 150 valence electrons. The first-order valence-electron chi connectivity index (χ1n) is 10.1. The monoisotopic (exact) mass is 392 g/mol. The zero-order valence-corrected chi connectivity index (χ0v) is 16.5. The molecule has 1 aromatic carbocycles. The van der Waals surface area contributed by atoms with Crippen LogP contribution >= 0.6 is 0 Å². The number of hydrogen-bond donors (Lipinski definition) is 0. The second-order valence-corrected chi connectivity index (χ2v) is 7.65. The molecule has 2 aliphatic rings. The molecule has 1 amide bonds. The van der Waals surface area contributed by atoms with Gasteiger partial charge in [0.15, 0.2) is 0 Å². The first-order valence-corrected chi connectivity index (χ1v) is 10.1. The van der Waals surface area contributed by atoms with E-state index in [4.69, 9.17) is 4.74 Å². The number of benzene rings is 1. The summed E-state index contributed by atoms with van der Waals surface area (Å²) in [6.45, 7) is 2.70. The molecular formula is C21H24N6O2. The Kier molecular flexibility index (Phi) is 4.54. The van der Waals surface area contributed by atoms with Crippen LogP contribution in [0.4, 0.5) is 5.69 Å². The van der Waals surface area contributed by atoms with Crippen molar-refractivity contribution in [2.45, 2.75) is 31.7 Å². The first-order chi connectivity index (χ1) is 14.2. The van der Waals surface area contributed by atoms with Crippen LogP contribution < -0.4 is 9.64 Å². The molecule has 3 aromatic rings. The fraction of sp³-hybridized carbons (Fsp3) is 0.429. The standard InChI is InChI=1S/C21H24N6O2/c1-29-17-6-4-15(5-7-17)18-13-19(21-23-22-14-27(21)24-18)25-11-8-16(9-12-25)26-10-2-3-20(26)28/h4-7,13-14,16H,2-3,8-12H2,1H3. The maximum atomic E-state index is 12.1. The number of carbonyl (C=O) groups is 1. The van der Waals surface area contributed by atoms with Crippen molar-refractivity contribution >= 4 is 17.2 Å². The van der Waals surface area contributed by atoms with Crippen molar-refractivity contribution in [3.63, 3.8) is 0 Å². The fourth-order valence-electron chi connectivity index (χ4n) is 4.42. The van der Waals surface area contributed by atoms with E-state index >= 15 is 0 Å². The van der Waals surface area contributed by atoms with Crippen LogP contribution in [-0.2, 0) is 4.79 Å². The third-order valence-corrected chi connectivity index (χ3v) is 5.99. The van der Waals surface area contributed by atoms with E-state index in [0.29, 0.717) is 18.4 Å². The number of ether oxygens (including phenoxy) is 1. The quantitative estimate of drug-likeness (QED) is 0.679. The molecule has 0 radical (unpaired) electrons. The van der Waals surface area contributed by atoms with Gasteiger partial charge in [0.2, 0.25) is 11.6 Å². The maximum Gasteiger partial charge on any atom is 0.222 e. The number of hydrogen-bond acceptors (Lipinski definition) is 6. The molecule has 0 spiro atoms. The minimum Gasteiger partial charge on any atom is -0.497 e. The van der Waals surface area contributed by atoms with E-state index in [-0.39, 0.29) is 0 Å². The van der Waals surface area contributed by atoms with Gasteiger partial charge in [0, 0.05) is 37.7 Å². The zero-order chi connectivity index (χ0) is 19.8. The van der Waals surface area contributed by atoms with Gasteiger partial charge < -0.3 is 14.5 Å². The molecule has 2 saturated heterocycles. The highest BCUT2D eigenvalue weighted by Gasteiger charge is 2.31. The van der Waals surface area contributed by atoms with Crippen LogP contribution in [0.25, 0.3) is 16.9 Å². The summed E-state index contributed by atoms with van der Waals surface area (Å²) in [6.07, 6.45) is 5.30. The van der Waals surface area contributed by atoms with Gasteiger partial charge in [-0.2, -0.15) is 9.61 Å². The lowest BCUT2D eigenvalue weighted by molar-refractivity contribution is -0.130. The highest BCUT2D eigenvalue weighted by molar-refractivity contribution is 5.78. The van der Waals surface area contributed by atoms with Gasteiger partial charge in [-0.25, -0.2) is 0 Å². The molecule has 2 aromatic heterocycles. The maximum absolute atomic E-state index is 12.1. The number of anilines is 1. The van der Waals surface area contributed by atoms with E-state index in [0.717, 1.165) is 67.2 Å². The van der Waals surface area contributed by atoms with Crippen LogP contribution in [-0.4, -0.2) is 63.4 Å². The number of methoxy groups -OCH3 is 1. The Labute approximate surface area is 169 Å². The number of likely N-dealkylation sites (tertiary alicyclic amines) is 1. The van der Waals surface area contributed by atoms with Crippen molar-refractivity contribution in [3.05, 3.63) is 36.7 Å². The largest absolute Gasteiger partial charge is 0.497 e. The minimum atomic E-state index is 0.314. The van der Waals surface area contributed by atoms with Crippen LogP contribution in [0.5, 0.6) is 5.75 Å². The summed E-state index contributed by atoms with van der Waals surface area (Å²) in [5.41, 5.74) is 3.68. The summed E-state index contributed by atoms with van der Waals surface area (Å²) < 4.78 is 7.00. The molecular weight excluding hydrogens is 368 g/mol. The van der Waals surface area contributed by atoms with Gasteiger partial charge in [-0.15, -0.1) is 10.2 Å². The number of fused-ring (bicyclic) bond motifs is 1. The van der Waals surface area contributed by atoms with Gasteiger partial charge in [0.05, 0.1) is 18.5 Å². The molecule has 8 nitrogen and oxygen atoms in total. The van der Waals surface area contributed by atoms with E-state index in [1.54, 1.807) is 18.0 Å². The number of rotatable bonds is 4. The third-order valence-electron chi connectivity index (χ3n) is 5.99. The van der Waals surface area contributed by atoms with Gasteiger partial charge in [0.1, 0.15) is 12.1 Å². The van der Waals surface area contributed by atoms with Gasteiger partial charge in [0.25, 0.3) is 0 Å². The summed E-state index contributed by atoms with van der Waals surface area (Å²) >= 11 is 0. The van der Waals surface area contributed by atoms with Crippen molar-refractivity contribution < 1.29 is 9.53 Å². The Hall–Kier alpha value is -3.16. The average molecular weight is 392 g/mol. The lowest BCUT2D eigenvalue weighted by atomic mass is 10.0. The van der Waals surface area contributed by atoms with Gasteiger partial charge in [-0.3, -0.25) is 4.79 Å². The number of nitrogens with zero attached hydrogens (tertiary/aromatic N) is 6. The fourth-order valence-corrected chi connectivity index (χ4v) is 4.42. The molecule has 29 heavy (non-hydrogen) atoms. The summed E-state index contributed by atoms with van der Waals surface area (Å²) in [5, 5.41) is 13.0. The van der Waals surface area contributed by atoms with Gasteiger partial charge in [-0.1, -0.05) is 0 Å². The topological polar surface area (TPSA) is 75.9 Å². The van der Waals surface area contributed by atoms with Crippen molar-refractivity contribution in [2.24, 2.45) is 0 Å². The molecule has 2 fully saturated rings. The van der Waals surface area contributed by atoms with Crippen molar-refractivity contribution in [3.8, 4) is 17.0 Å². The lowest BCUT2D eigenvalue weighted by Gasteiger charge is -2.37. The van der Waals surface area contributed by atoms with E-state index in [2.05, 4.69) is 31.2 Å². The second-order valence-electron chi connectivity index (χ2n) is 7.65. The summed E-state index contributed by atoms with van der Waals surface area (Å²) in [5.74, 6) is 1.13. The van der Waals surface area contributed by atoms with Crippen LogP contribution in [0.2, 0.25) is 0 Å². The number of amides is 1. The molecule has 0 unspecified atom stereocenters. The Balaban J connectivity index is 1.42. The Morgan fingerprint density at radius 2 is 1.90 bits per heavy atom. The van der Waals surface area contributed by atoms with Crippen LogP contribution in [0.15, 0.2) is 36.7 Å².